The fraction of sp³-hybridized carbons (Fsp3) is 0.320. The number of hydrogen-bond donors (Lipinski definition) is 1. The van der Waals surface area contributed by atoms with Crippen LogP contribution in [0.5, 0.6) is 5.75 Å². The van der Waals surface area contributed by atoms with E-state index in [0.717, 1.165) is 28.6 Å². The molecule has 0 saturated carbocycles. The minimum Gasteiger partial charge on any atom is -0.480 e. The quantitative estimate of drug-likeness (QED) is 0.647. The van der Waals surface area contributed by atoms with Crippen LogP contribution in [0.4, 0.5) is 0 Å². The zero-order valence-corrected chi connectivity index (χ0v) is 16.9. The van der Waals surface area contributed by atoms with Crippen molar-refractivity contribution in [3.05, 3.63) is 77.9 Å². The molecule has 3 aromatic carbocycles. The van der Waals surface area contributed by atoms with Gasteiger partial charge in [0.05, 0.1) is 0 Å². The number of likely N-dealkylation sites (tertiary alicyclic amines) is 1. The molecule has 29 heavy (non-hydrogen) atoms. The van der Waals surface area contributed by atoms with E-state index in [2.05, 4.69) is 34.5 Å². The van der Waals surface area contributed by atoms with Crippen LogP contribution in [-0.2, 0) is 17.9 Å². The first kappa shape index (κ1) is 19.5. The third kappa shape index (κ3) is 4.96. The highest BCUT2D eigenvalue weighted by Crippen LogP contribution is 2.26. The smallest absolute Gasteiger partial charge is 0.261 e. The van der Waals surface area contributed by atoms with Crippen LogP contribution in [-0.4, -0.2) is 30.0 Å². The summed E-state index contributed by atoms with van der Waals surface area (Å²) in [7, 11) is 0. The molecule has 4 heteroatoms. The number of fused-ring (bicyclic) bond motifs is 1. The number of hydrogen-bond acceptors (Lipinski definition) is 3. The molecule has 1 aliphatic rings. The number of ether oxygens (including phenoxy) is 1. The lowest BCUT2D eigenvalue weighted by Gasteiger charge is -2.17. The summed E-state index contributed by atoms with van der Waals surface area (Å²) < 4.78 is 5.95. The summed E-state index contributed by atoms with van der Waals surface area (Å²) in [5.74, 6) is 0.621. The molecule has 0 unspecified atom stereocenters. The fourth-order valence-electron chi connectivity index (χ4n) is 3.84. The molecule has 0 aromatic heterocycles. The number of nitrogens with one attached hydrogen (secondary N) is 1. The lowest BCUT2D eigenvalue weighted by Crippen LogP contribution is -2.35. The summed E-state index contributed by atoms with van der Waals surface area (Å²) in [6.07, 6.45) is 2.06. The SMILES string of the molecule is C[C@@H](Oc1cccc2ccccc12)C(=O)NCc1ccc(CN2CCCC2)cc1. The normalized spacial score (nSPS) is 15.3. The standard InChI is InChI=1S/C25H28N2O2/c1-19(29-24-10-6-8-22-7-2-3-9-23(22)24)25(28)26-17-20-11-13-21(14-12-20)18-27-15-4-5-16-27/h2-3,6-14,19H,4-5,15-18H2,1H3,(H,26,28)/t19-/m1/s1. The molecule has 150 valence electrons. The molecule has 0 bridgehead atoms. The van der Waals surface area contributed by atoms with Crippen molar-refractivity contribution >= 4 is 16.7 Å². The van der Waals surface area contributed by atoms with E-state index < -0.39 is 6.10 Å². The maximum absolute atomic E-state index is 12.5. The number of carbonyl (C=O) groups is 1. The zero-order valence-electron chi connectivity index (χ0n) is 16.9. The Balaban J connectivity index is 1.30. The van der Waals surface area contributed by atoms with Crippen molar-refractivity contribution in [2.45, 2.75) is 39.0 Å². The van der Waals surface area contributed by atoms with Crippen LogP contribution in [0.25, 0.3) is 10.8 Å². The predicted molar refractivity (Wildman–Crippen MR) is 117 cm³/mol. The van der Waals surface area contributed by atoms with Crippen molar-refractivity contribution in [2.75, 3.05) is 13.1 Å². The van der Waals surface area contributed by atoms with Gasteiger partial charge in [0, 0.05) is 18.5 Å². The van der Waals surface area contributed by atoms with Gasteiger partial charge in [-0.2, -0.15) is 0 Å². The first-order valence-corrected chi connectivity index (χ1v) is 10.4. The lowest BCUT2D eigenvalue weighted by molar-refractivity contribution is -0.127. The van der Waals surface area contributed by atoms with Crippen molar-refractivity contribution in [3.8, 4) is 5.75 Å². The maximum atomic E-state index is 12.5. The van der Waals surface area contributed by atoms with Gasteiger partial charge in [-0.3, -0.25) is 9.69 Å². The first-order chi connectivity index (χ1) is 14.2. The Morgan fingerprint density at radius 2 is 1.66 bits per heavy atom. The Kier molecular flexibility index (Phi) is 6.11. The van der Waals surface area contributed by atoms with E-state index in [-0.39, 0.29) is 5.91 Å². The van der Waals surface area contributed by atoms with Gasteiger partial charge in [-0.25, -0.2) is 0 Å². The molecule has 0 radical (unpaired) electrons. The molecule has 0 aliphatic carbocycles. The van der Waals surface area contributed by atoms with Crippen LogP contribution < -0.4 is 10.1 Å². The van der Waals surface area contributed by atoms with Gasteiger partial charge in [-0.15, -0.1) is 0 Å². The van der Waals surface area contributed by atoms with Gasteiger partial charge in [-0.1, -0.05) is 60.7 Å². The van der Waals surface area contributed by atoms with E-state index >= 15 is 0 Å². The fourth-order valence-corrected chi connectivity index (χ4v) is 3.84. The highest BCUT2D eigenvalue weighted by molar-refractivity contribution is 5.89. The largest absolute Gasteiger partial charge is 0.480 e. The third-order valence-corrected chi connectivity index (χ3v) is 5.52. The minimum atomic E-state index is -0.560. The molecular formula is C25H28N2O2. The molecule has 1 aliphatic heterocycles. The molecule has 4 nitrogen and oxygen atoms in total. The second-order valence-electron chi connectivity index (χ2n) is 7.75. The highest BCUT2D eigenvalue weighted by atomic mass is 16.5. The van der Waals surface area contributed by atoms with Crippen molar-refractivity contribution < 1.29 is 9.53 Å². The summed E-state index contributed by atoms with van der Waals surface area (Å²) in [5.41, 5.74) is 2.43. The number of carbonyl (C=O) groups excluding carboxylic acids is 1. The van der Waals surface area contributed by atoms with Gasteiger partial charge in [0.1, 0.15) is 5.75 Å². The summed E-state index contributed by atoms with van der Waals surface area (Å²) in [4.78, 5) is 15.0. The molecule has 1 fully saturated rings. The summed E-state index contributed by atoms with van der Waals surface area (Å²) in [6, 6.07) is 22.5. The second-order valence-corrected chi connectivity index (χ2v) is 7.75. The van der Waals surface area contributed by atoms with Gasteiger partial charge >= 0.3 is 0 Å². The highest BCUT2D eigenvalue weighted by Gasteiger charge is 2.16. The summed E-state index contributed by atoms with van der Waals surface area (Å²) >= 11 is 0. The number of nitrogens with zero attached hydrogens (tertiary/aromatic N) is 1. The third-order valence-electron chi connectivity index (χ3n) is 5.52. The minimum absolute atomic E-state index is 0.112. The maximum Gasteiger partial charge on any atom is 0.261 e. The van der Waals surface area contributed by atoms with E-state index in [1.54, 1.807) is 6.92 Å². The van der Waals surface area contributed by atoms with E-state index in [1.165, 1.54) is 31.5 Å². The van der Waals surface area contributed by atoms with E-state index in [9.17, 15) is 4.79 Å². The number of amides is 1. The Hall–Kier alpha value is -2.85. The van der Waals surface area contributed by atoms with Crippen molar-refractivity contribution in [1.29, 1.82) is 0 Å². The Labute approximate surface area is 172 Å². The Morgan fingerprint density at radius 1 is 0.966 bits per heavy atom. The van der Waals surface area contributed by atoms with Gasteiger partial charge in [0.2, 0.25) is 0 Å². The zero-order chi connectivity index (χ0) is 20.1. The number of benzene rings is 3. The van der Waals surface area contributed by atoms with Crippen molar-refractivity contribution in [1.82, 2.24) is 10.2 Å². The van der Waals surface area contributed by atoms with Crippen LogP contribution in [0.3, 0.4) is 0 Å². The average molecular weight is 389 g/mol. The van der Waals surface area contributed by atoms with E-state index in [1.807, 2.05) is 42.5 Å². The van der Waals surface area contributed by atoms with Crippen LogP contribution in [0, 0.1) is 0 Å². The van der Waals surface area contributed by atoms with E-state index in [4.69, 9.17) is 4.74 Å². The molecule has 0 spiro atoms. The molecule has 1 atom stereocenters. The molecule has 1 heterocycles. The van der Waals surface area contributed by atoms with E-state index in [0.29, 0.717) is 6.54 Å². The van der Waals surface area contributed by atoms with Gasteiger partial charge in [-0.05, 0) is 55.4 Å². The first-order valence-electron chi connectivity index (χ1n) is 10.4. The van der Waals surface area contributed by atoms with Crippen LogP contribution in [0.1, 0.15) is 30.9 Å². The molecule has 1 saturated heterocycles. The molecule has 4 rings (SSSR count). The second kappa shape index (κ2) is 9.10. The van der Waals surface area contributed by atoms with Crippen LogP contribution >= 0.6 is 0 Å². The summed E-state index contributed by atoms with van der Waals surface area (Å²) in [6.45, 7) is 5.71. The molecular weight excluding hydrogens is 360 g/mol. The van der Waals surface area contributed by atoms with Gasteiger partial charge in [0.15, 0.2) is 6.10 Å². The topological polar surface area (TPSA) is 41.6 Å². The Morgan fingerprint density at radius 3 is 2.45 bits per heavy atom. The molecule has 3 aromatic rings. The molecule has 1 N–H and O–H groups in total. The van der Waals surface area contributed by atoms with Crippen molar-refractivity contribution in [3.63, 3.8) is 0 Å². The predicted octanol–water partition coefficient (Wildman–Crippen LogP) is 4.52. The van der Waals surface area contributed by atoms with Crippen LogP contribution in [0.2, 0.25) is 0 Å². The van der Waals surface area contributed by atoms with Crippen LogP contribution in [0.15, 0.2) is 66.7 Å². The number of rotatable bonds is 7. The van der Waals surface area contributed by atoms with Crippen molar-refractivity contribution in [2.24, 2.45) is 0 Å². The van der Waals surface area contributed by atoms with Gasteiger partial charge in [0.25, 0.3) is 5.91 Å². The molecule has 1 amide bonds. The monoisotopic (exact) mass is 388 g/mol. The van der Waals surface area contributed by atoms with Gasteiger partial charge < -0.3 is 10.1 Å². The Bertz CT molecular complexity index is 957. The lowest BCUT2D eigenvalue weighted by atomic mass is 10.1. The average Bonchev–Trinajstić information content (AvgIpc) is 3.26. The summed E-state index contributed by atoms with van der Waals surface area (Å²) in [5, 5.41) is 5.11.